The molecule has 0 spiro atoms. The summed E-state index contributed by atoms with van der Waals surface area (Å²) in [5.74, 6) is -0.919. The van der Waals surface area contributed by atoms with Crippen molar-refractivity contribution in [2.45, 2.75) is 30.6 Å². The van der Waals surface area contributed by atoms with Gasteiger partial charge in [0.15, 0.2) is 6.23 Å². The first-order valence-corrected chi connectivity index (χ1v) is 13.7. The molecule has 5 atom stereocenters. The van der Waals surface area contributed by atoms with Gasteiger partial charge in [-0.05, 0) is 24.3 Å². The van der Waals surface area contributed by atoms with Crippen LogP contribution in [0.5, 0.6) is 0 Å². The largest absolute Gasteiger partial charge is 0.394 e. The Bertz CT molecular complexity index is 2080. The lowest BCUT2D eigenvalue weighted by Gasteiger charge is -2.41. The Morgan fingerprint density at radius 3 is 2.12 bits per heavy atom. The summed E-state index contributed by atoms with van der Waals surface area (Å²) in [6.45, 7) is -0.588. The maximum absolute atomic E-state index is 14.3. The summed E-state index contributed by atoms with van der Waals surface area (Å²) in [6, 6.07) is 23.5. The molecule has 10 nitrogen and oxygen atoms in total. The van der Waals surface area contributed by atoms with Crippen molar-refractivity contribution in [2.75, 3.05) is 11.5 Å². The lowest BCUT2D eigenvalue weighted by atomic mass is 9.96. The van der Waals surface area contributed by atoms with Crippen LogP contribution in [0.1, 0.15) is 26.9 Å². The highest BCUT2D eigenvalue weighted by Crippen LogP contribution is 2.47. The van der Waals surface area contributed by atoms with E-state index in [0.717, 1.165) is 10.9 Å². The van der Waals surface area contributed by atoms with E-state index in [1.54, 1.807) is 41.0 Å². The van der Waals surface area contributed by atoms with Crippen LogP contribution in [0.3, 0.4) is 0 Å². The Hall–Kier alpha value is -4.58. The summed E-state index contributed by atoms with van der Waals surface area (Å²) in [6.07, 6.45) is -7.11. The lowest BCUT2D eigenvalue weighted by Crippen LogP contribution is -2.56. The van der Waals surface area contributed by atoms with Crippen LogP contribution in [0, 0.1) is 0 Å². The Balaban J connectivity index is 1.55. The van der Waals surface area contributed by atoms with Gasteiger partial charge in [-0.25, -0.2) is 4.90 Å². The quantitative estimate of drug-likeness (QED) is 0.208. The number of H-pyrrole nitrogens is 1. The van der Waals surface area contributed by atoms with Crippen molar-refractivity contribution in [3.05, 3.63) is 90.0 Å². The first-order valence-electron chi connectivity index (χ1n) is 13.7. The molecule has 2 aliphatic heterocycles. The average molecular weight is 564 g/mol. The number of aromatic amines is 1. The van der Waals surface area contributed by atoms with Crippen LogP contribution in [0.25, 0.3) is 43.6 Å². The second-order valence-electron chi connectivity index (χ2n) is 10.8. The maximum atomic E-state index is 14.3. The van der Waals surface area contributed by atoms with Crippen molar-refractivity contribution in [1.82, 2.24) is 9.55 Å². The first-order chi connectivity index (χ1) is 20.4. The van der Waals surface area contributed by atoms with Crippen LogP contribution in [-0.2, 0) is 4.74 Å². The molecular weight excluding hydrogens is 538 g/mol. The van der Waals surface area contributed by atoms with Gasteiger partial charge in [0.05, 0.1) is 40.0 Å². The number of para-hydroxylation sites is 3. The number of fused-ring (bicyclic) bond motifs is 10. The molecule has 0 unspecified atom stereocenters. The van der Waals surface area contributed by atoms with Crippen molar-refractivity contribution < 1.29 is 34.8 Å². The third-order valence-corrected chi connectivity index (χ3v) is 8.57. The molecule has 0 bridgehead atoms. The summed E-state index contributed by atoms with van der Waals surface area (Å²) < 4.78 is 7.74. The molecule has 4 heterocycles. The number of hydrogen-bond donors (Lipinski definition) is 5. The van der Waals surface area contributed by atoms with Gasteiger partial charge >= 0.3 is 0 Å². The number of carbonyl (C=O) groups excluding carboxylic acids is 2. The van der Waals surface area contributed by atoms with Crippen molar-refractivity contribution in [2.24, 2.45) is 0 Å². The highest BCUT2D eigenvalue weighted by Gasteiger charge is 2.47. The highest BCUT2D eigenvalue weighted by atomic mass is 16.6. The number of aliphatic hydroxyl groups excluding tert-OH is 4. The molecule has 4 aromatic carbocycles. The van der Waals surface area contributed by atoms with E-state index in [9.17, 15) is 30.0 Å². The summed E-state index contributed by atoms with van der Waals surface area (Å²) >= 11 is 0. The Labute approximate surface area is 237 Å². The van der Waals surface area contributed by atoms with E-state index < -0.39 is 49.1 Å². The minimum absolute atomic E-state index is 0.232. The number of benzene rings is 4. The zero-order valence-corrected chi connectivity index (χ0v) is 22.0. The average Bonchev–Trinajstić information content (AvgIpc) is 3.64. The van der Waals surface area contributed by atoms with E-state index in [1.165, 1.54) is 4.90 Å². The molecule has 1 fully saturated rings. The van der Waals surface area contributed by atoms with Gasteiger partial charge in [0, 0.05) is 27.1 Å². The topological polar surface area (TPSA) is 148 Å². The molecule has 1 saturated heterocycles. The zero-order chi connectivity index (χ0) is 28.9. The number of imide groups is 1. The maximum Gasteiger partial charge on any atom is 0.266 e. The third-order valence-electron chi connectivity index (χ3n) is 8.57. The number of aromatic nitrogens is 2. The van der Waals surface area contributed by atoms with Gasteiger partial charge in [0.1, 0.15) is 24.4 Å². The Morgan fingerprint density at radius 2 is 1.38 bits per heavy atom. The van der Waals surface area contributed by atoms with Crippen LogP contribution < -0.4 is 4.90 Å². The predicted molar refractivity (Wildman–Crippen MR) is 155 cm³/mol. The van der Waals surface area contributed by atoms with E-state index in [4.69, 9.17) is 4.74 Å². The number of nitrogens with zero attached hydrogens (tertiary/aromatic N) is 2. The number of rotatable bonds is 3. The fourth-order valence-corrected chi connectivity index (χ4v) is 6.71. The predicted octanol–water partition coefficient (Wildman–Crippen LogP) is 3.20. The summed E-state index contributed by atoms with van der Waals surface area (Å²) in [4.78, 5) is 33.1. The minimum atomic E-state index is -1.61. The number of amides is 2. The SMILES string of the molecule is O=C1c2c(c3c4ccccc4n([C@@H]4O[C@H](CO)[C@@H](O)[C@H](O)[C@H]4O)c3c3[nH]c4ccccc4c23)C(=O)N1c1ccccc1. The van der Waals surface area contributed by atoms with Crippen LogP contribution in [0.4, 0.5) is 5.69 Å². The molecule has 6 aromatic rings. The highest BCUT2D eigenvalue weighted by molar-refractivity contribution is 6.45. The third kappa shape index (κ3) is 3.15. The lowest BCUT2D eigenvalue weighted by molar-refractivity contribution is -0.249. The Kier molecular flexibility index (Phi) is 5.37. The summed E-state index contributed by atoms with van der Waals surface area (Å²) in [5.41, 5.74) is 3.31. The van der Waals surface area contributed by atoms with E-state index >= 15 is 0 Å². The van der Waals surface area contributed by atoms with E-state index in [0.29, 0.717) is 38.4 Å². The monoisotopic (exact) mass is 563 g/mol. The molecule has 0 saturated carbocycles. The molecule has 42 heavy (non-hydrogen) atoms. The fourth-order valence-electron chi connectivity index (χ4n) is 6.71. The smallest absolute Gasteiger partial charge is 0.266 e. The van der Waals surface area contributed by atoms with Crippen molar-refractivity contribution >= 4 is 61.1 Å². The van der Waals surface area contributed by atoms with Gasteiger partial charge in [-0.2, -0.15) is 0 Å². The number of carbonyl (C=O) groups is 2. The number of aliphatic hydroxyl groups is 4. The second-order valence-corrected chi connectivity index (χ2v) is 10.8. The summed E-state index contributed by atoms with van der Waals surface area (Å²) in [7, 11) is 0. The zero-order valence-electron chi connectivity index (χ0n) is 22.0. The number of ether oxygens (including phenoxy) is 1. The van der Waals surface area contributed by atoms with Crippen LogP contribution in [-0.4, -0.2) is 72.8 Å². The molecule has 0 aliphatic carbocycles. The molecule has 0 radical (unpaired) electrons. The van der Waals surface area contributed by atoms with Gasteiger partial charge in [0.2, 0.25) is 0 Å². The molecule has 2 aromatic heterocycles. The number of anilines is 1. The van der Waals surface area contributed by atoms with Gasteiger partial charge in [0.25, 0.3) is 11.8 Å². The Morgan fingerprint density at radius 1 is 0.738 bits per heavy atom. The minimum Gasteiger partial charge on any atom is -0.394 e. The fraction of sp³-hybridized carbons (Fsp3) is 0.188. The molecular formula is C32H25N3O7. The number of nitrogens with one attached hydrogen (secondary N) is 1. The molecule has 10 heteroatoms. The van der Waals surface area contributed by atoms with Gasteiger partial charge in [-0.1, -0.05) is 54.6 Å². The van der Waals surface area contributed by atoms with Gasteiger partial charge in [-0.3, -0.25) is 9.59 Å². The van der Waals surface area contributed by atoms with Crippen LogP contribution in [0.15, 0.2) is 78.9 Å². The molecule has 5 N–H and O–H groups in total. The van der Waals surface area contributed by atoms with Crippen molar-refractivity contribution in [1.29, 1.82) is 0 Å². The summed E-state index contributed by atoms with van der Waals surface area (Å²) in [5, 5.41) is 44.8. The van der Waals surface area contributed by atoms with E-state index in [2.05, 4.69) is 4.98 Å². The van der Waals surface area contributed by atoms with E-state index in [1.807, 2.05) is 42.5 Å². The molecule has 8 rings (SSSR count). The normalized spacial score (nSPS) is 24.5. The van der Waals surface area contributed by atoms with Crippen LogP contribution >= 0.6 is 0 Å². The molecule has 210 valence electrons. The molecule has 2 amide bonds. The standard InChI is InChI=1S/C32H25N3O7/c36-14-20-27(37)28(38)29(39)32(42-20)35-19-13-7-5-11-17(19)22-24-23(30(40)34(31(24)41)15-8-2-1-3-9-15)21-16-10-4-6-12-18(16)33-25(21)26(22)35/h1-13,20,27-29,32-33,36-39H,14H2/t20-,27-,28+,29-,32-/m1/s1. The van der Waals surface area contributed by atoms with Crippen LogP contribution in [0.2, 0.25) is 0 Å². The van der Waals surface area contributed by atoms with Gasteiger partial charge < -0.3 is 34.7 Å². The van der Waals surface area contributed by atoms with Crippen molar-refractivity contribution in [3.8, 4) is 0 Å². The van der Waals surface area contributed by atoms with Gasteiger partial charge in [-0.15, -0.1) is 0 Å². The van der Waals surface area contributed by atoms with E-state index in [-0.39, 0.29) is 11.1 Å². The van der Waals surface area contributed by atoms with Crippen molar-refractivity contribution in [3.63, 3.8) is 0 Å². The number of hydrogen-bond acceptors (Lipinski definition) is 7. The first kappa shape index (κ1) is 25.2. The molecule has 2 aliphatic rings. The second kappa shape index (κ2) is 8.96.